The van der Waals surface area contributed by atoms with Crippen molar-refractivity contribution in [3.63, 3.8) is 0 Å². The van der Waals surface area contributed by atoms with E-state index in [1.807, 2.05) is 87.5 Å². The van der Waals surface area contributed by atoms with Crippen LogP contribution in [0.25, 0.3) is 0 Å². The van der Waals surface area contributed by atoms with Gasteiger partial charge in [0, 0.05) is 10.0 Å². The quantitative estimate of drug-likeness (QED) is 0.414. The number of halogens is 2. The van der Waals surface area contributed by atoms with Gasteiger partial charge < -0.3 is 10.1 Å². The van der Waals surface area contributed by atoms with E-state index < -0.39 is 5.41 Å². The van der Waals surface area contributed by atoms with Crippen LogP contribution < -0.4 is 10.1 Å². The SMILES string of the molecule is CCOc1cc(C(C)(C)C#N)ccc1C1=N[C@H](c2ccc(Cl)cc2)[C@H](c2ccc(Cl)cc2)N1. The van der Waals surface area contributed by atoms with Gasteiger partial charge in [0.2, 0.25) is 0 Å². The molecule has 168 valence electrons. The van der Waals surface area contributed by atoms with E-state index in [4.69, 9.17) is 32.9 Å². The van der Waals surface area contributed by atoms with Gasteiger partial charge in [-0.3, -0.25) is 4.99 Å². The van der Waals surface area contributed by atoms with Gasteiger partial charge in [-0.1, -0.05) is 53.5 Å². The summed E-state index contributed by atoms with van der Waals surface area (Å²) in [6, 6.07) is 23.6. The maximum atomic E-state index is 9.56. The van der Waals surface area contributed by atoms with E-state index in [0.717, 1.165) is 28.1 Å². The van der Waals surface area contributed by atoms with E-state index in [0.29, 0.717) is 22.4 Å². The lowest BCUT2D eigenvalue weighted by Gasteiger charge is -2.21. The summed E-state index contributed by atoms with van der Waals surface area (Å²) in [6.07, 6.45) is 0. The molecular formula is C27H25Cl2N3O. The van der Waals surface area contributed by atoms with Gasteiger partial charge in [-0.2, -0.15) is 5.26 Å². The highest BCUT2D eigenvalue weighted by Crippen LogP contribution is 2.39. The van der Waals surface area contributed by atoms with Crippen LogP contribution in [0.1, 0.15) is 55.1 Å². The Morgan fingerprint density at radius 3 is 2.15 bits per heavy atom. The van der Waals surface area contributed by atoms with Crippen molar-refractivity contribution in [2.24, 2.45) is 4.99 Å². The van der Waals surface area contributed by atoms with Gasteiger partial charge in [0.05, 0.1) is 29.7 Å². The molecular weight excluding hydrogens is 453 g/mol. The number of rotatable bonds is 6. The number of nitrogens with zero attached hydrogens (tertiary/aromatic N) is 2. The van der Waals surface area contributed by atoms with Crippen molar-refractivity contribution in [2.45, 2.75) is 38.3 Å². The van der Waals surface area contributed by atoms with Crippen LogP contribution in [0.2, 0.25) is 10.0 Å². The third kappa shape index (κ3) is 4.85. The smallest absolute Gasteiger partial charge is 0.133 e. The third-order valence-electron chi connectivity index (χ3n) is 5.85. The number of amidine groups is 1. The molecule has 4 rings (SSSR count). The average Bonchev–Trinajstić information content (AvgIpc) is 3.25. The number of benzene rings is 3. The van der Waals surface area contributed by atoms with Crippen molar-refractivity contribution in [3.05, 3.63) is 99.0 Å². The van der Waals surface area contributed by atoms with Crippen molar-refractivity contribution in [1.82, 2.24) is 5.32 Å². The lowest BCUT2D eigenvalue weighted by molar-refractivity contribution is 0.338. The Kier molecular flexibility index (Phi) is 6.65. The Labute approximate surface area is 204 Å². The van der Waals surface area contributed by atoms with Crippen LogP contribution in [-0.2, 0) is 5.41 Å². The van der Waals surface area contributed by atoms with Gasteiger partial charge >= 0.3 is 0 Å². The minimum absolute atomic E-state index is 0.0804. The molecule has 0 aliphatic carbocycles. The molecule has 3 aromatic carbocycles. The summed E-state index contributed by atoms with van der Waals surface area (Å²) in [5.41, 5.74) is 3.29. The molecule has 1 N–H and O–H groups in total. The van der Waals surface area contributed by atoms with Crippen LogP contribution in [0, 0.1) is 11.3 Å². The first kappa shape index (κ1) is 23.2. The van der Waals surface area contributed by atoms with Crippen molar-refractivity contribution in [3.8, 4) is 11.8 Å². The number of nitrogens with one attached hydrogen (secondary N) is 1. The maximum Gasteiger partial charge on any atom is 0.133 e. The molecule has 3 aromatic rings. The molecule has 2 atom stereocenters. The lowest BCUT2D eigenvalue weighted by Crippen LogP contribution is -2.26. The second-order valence-corrected chi connectivity index (χ2v) is 9.40. The van der Waals surface area contributed by atoms with Gasteiger partial charge in [-0.25, -0.2) is 0 Å². The Bertz CT molecular complexity index is 1210. The first-order valence-electron chi connectivity index (χ1n) is 10.9. The highest BCUT2D eigenvalue weighted by molar-refractivity contribution is 6.30. The van der Waals surface area contributed by atoms with Crippen molar-refractivity contribution in [2.75, 3.05) is 6.61 Å². The fourth-order valence-electron chi connectivity index (χ4n) is 3.93. The zero-order chi connectivity index (χ0) is 23.6. The fourth-order valence-corrected chi connectivity index (χ4v) is 4.19. The molecule has 0 amide bonds. The summed E-state index contributed by atoms with van der Waals surface area (Å²) in [7, 11) is 0. The number of aliphatic imine (C=N–C) groups is 1. The van der Waals surface area contributed by atoms with Crippen molar-refractivity contribution < 1.29 is 4.74 Å². The molecule has 0 aromatic heterocycles. The zero-order valence-corrected chi connectivity index (χ0v) is 20.3. The summed E-state index contributed by atoms with van der Waals surface area (Å²) in [5.74, 6) is 1.45. The number of nitriles is 1. The summed E-state index contributed by atoms with van der Waals surface area (Å²) in [4.78, 5) is 5.08. The monoisotopic (exact) mass is 477 g/mol. The summed E-state index contributed by atoms with van der Waals surface area (Å²) in [5, 5.41) is 14.5. The van der Waals surface area contributed by atoms with Crippen LogP contribution in [0.15, 0.2) is 71.7 Å². The highest BCUT2D eigenvalue weighted by Gasteiger charge is 2.33. The molecule has 6 heteroatoms. The van der Waals surface area contributed by atoms with Crippen LogP contribution in [-0.4, -0.2) is 12.4 Å². The van der Waals surface area contributed by atoms with Gasteiger partial charge in [0.15, 0.2) is 0 Å². The molecule has 1 aliphatic rings. The van der Waals surface area contributed by atoms with Gasteiger partial charge in [0.1, 0.15) is 17.6 Å². The molecule has 1 heterocycles. The van der Waals surface area contributed by atoms with E-state index in [-0.39, 0.29) is 12.1 Å². The van der Waals surface area contributed by atoms with E-state index in [1.165, 1.54) is 0 Å². The molecule has 1 aliphatic heterocycles. The lowest BCUT2D eigenvalue weighted by atomic mass is 9.85. The standard InChI is InChI=1S/C27H25Cl2N3O/c1-4-33-23-15-19(27(2,3)16-30)9-14-22(23)26-31-24(17-5-10-20(28)11-6-17)25(32-26)18-7-12-21(29)13-8-18/h5-15,24-25H,4H2,1-3H3,(H,31,32)/t24-,25+. The minimum atomic E-state index is -0.618. The largest absolute Gasteiger partial charge is 0.493 e. The van der Waals surface area contributed by atoms with Crippen LogP contribution in [0.5, 0.6) is 5.75 Å². The van der Waals surface area contributed by atoms with E-state index in [9.17, 15) is 5.26 Å². The first-order valence-corrected chi connectivity index (χ1v) is 11.6. The van der Waals surface area contributed by atoms with Gasteiger partial charge in [-0.05, 0) is 73.9 Å². The molecule has 0 saturated carbocycles. The maximum absolute atomic E-state index is 9.56. The molecule has 0 saturated heterocycles. The average molecular weight is 478 g/mol. The predicted octanol–water partition coefficient (Wildman–Crippen LogP) is 7.03. The van der Waals surface area contributed by atoms with E-state index in [1.54, 1.807) is 0 Å². The second-order valence-electron chi connectivity index (χ2n) is 8.53. The zero-order valence-electron chi connectivity index (χ0n) is 18.8. The Hall–Kier alpha value is -3.00. The predicted molar refractivity (Wildman–Crippen MR) is 134 cm³/mol. The highest BCUT2D eigenvalue weighted by atomic mass is 35.5. The van der Waals surface area contributed by atoms with Crippen LogP contribution in [0.4, 0.5) is 0 Å². The van der Waals surface area contributed by atoms with Crippen molar-refractivity contribution in [1.29, 1.82) is 5.26 Å². The van der Waals surface area contributed by atoms with Gasteiger partial charge in [-0.15, -0.1) is 0 Å². The first-order chi connectivity index (χ1) is 15.8. The summed E-state index contributed by atoms with van der Waals surface area (Å²) < 4.78 is 5.98. The number of hydrogen-bond acceptors (Lipinski definition) is 4. The Morgan fingerprint density at radius 2 is 1.58 bits per heavy atom. The normalized spacial score (nSPS) is 17.8. The molecule has 0 fully saturated rings. The minimum Gasteiger partial charge on any atom is -0.493 e. The van der Waals surface area contributed by atoms with Gasteiger partial charge in [0.25, 0.3) is 0 Å². The van der Waals surface area contributed by atoms with Crippen LogP contribution >= 0.6 is 23.2 Å². The third-order valence-corrected chi connectivity index (χ3v) is 6.36. The second kappa shape index (κ2) is 9.47. The molecule has 0 radical (unpaired) electrons. The fraction of sp³-hybridized carbons (Fsp3) is 0.259. The number of ether oxygens (including phenoxy) is 1. The molecule has 4 nitrogen and oxygen atoms in total. The molecule has 0 spiro atoms. The Balaban J connectivity index is 1.78. The number of hydrogen-bond donors (Lipinski definition) is 1. The van der Waals surface area contributed by atoms with E-state index in [2.05, 4.69) is 11.4 Å². The Morgan fingerprint density at radius 1 is 0.970 bits per heavy atom. The van der Waals surface area contributed by atoms with E-state index >= 15 is 0 Å². The summed E-state index contributed by atoms with van der Waals surface area (Å²) >= 11 is 12.3. The topological polar surface area (TPSA) is 57.4 Å². The molecule has 33 heavy (non-hydrogen) atoms. The van der Waals surface area contributed by atoms with Crippen LogP contribution in [0.3, 0.4) is 0 Å². The summed E-state index contributed by atoms with van der Waals surface area (Å²) in [6.45, 7) is 6.26. The molecule has 0 bridgehead atoms. The molecule has 0 unspecified atom stereocenters. The van der Waals surface area contributed by atoms with Crippen molar-refractivity contribution >= 4 is 29.0 Å².